The molecule has 38 heavy (non-hydrogen) atoms. The Morgan fingerprint density at radius 1 is 0.868 bits per heavy atom. The van der Waals surface area contributed by atoms with Crippen LogP contribution in [0.1, 0.15) is 77.3 Å². The molecular formula is C32H36BrNO4. The van der Waals surface area contributed by atoms with Gasteiger partial charge in [0.15, 0.2) is 23.1 Å². The van der Waals surface area contributed by atoms with Crippen LogP contribution in [0.2, 0.25) is 0 Å². The number of ketones is 2. The van der Waals surface area contributed by atoms with Crippen LogP contribution >= 0.6 is 15.9 Å². The topological polar surface area (TPSA) is 64.6 Å². The van der Waals surface area contributed by atoms with Crippen LogP contribution in [-0.4, -0.2) is 18.2 Å². The van der Waals surface area contributed by atoms with E-state index in [1.807, 2.05) is 49.4 Å². The highest BCUT2D eigenvalue weighted by atomic mass is 79.9. The molecule has 5 rings (SSSR count). The molecule has 200 valence electrons. The van der Waals surface area contributed by atoms with Crippen LogP contribution in [0.3, 0.4) is 0 Å². The number of dihydropyridines is 1. The Hall–Kier alpha value is -2.86. The van der Waals surface area contributed by atoms with E-state index in [1.54, 1.807) is 0 Å². The van der Waals surface area contributed by atoms with Crippen LogP contribution < -0.4 is 14.8 Å². The van der Waals surface area contributed by atoms with Gasteiger partial charge in [0.25, 0.3) is 0 Å². The third-order valence-electron chi connectivity index (χ3n) is 7.61. The third-order valence-corrected chi connectivity index (χ3v) is 8.20. The van der Waals surface area contributed by atoms with E-state index in [0.717, 1.165) is 51.0 Å². The first-order valence-corrected chi connectivity index (χ1v) is 14.2. The Kier molecular flexibility index (Phi) is 7.06. The van der Waals surface area contributed by atoms with Crippen molar-refractivity contribution in [2.45, 2.75) is 72.8 Å². The van der Waals surface area contributed by atoms with Crippen molar-refractivity contribution in [3.8, 4) is 11.5 Å². The number of carbonyl (C=O) groups is 2. The van der Waals surface area contributed by atoms with Crippen LogP contribution in [0.4, 0.5) is 0 Å². The SMILES string of the molecule is CCOc1cc(C2C3=C(CC(C)(C)CC3=O)NC3=C2C(=O)CC(C)(C)C3)cc(Br)c1OCc1ccccc1. The molecule has 6 heteroatoms. The summed E-state index contributed by atoms with van der Waals surface area (Å²) in [5, 5.41) is 3.58. The van der Waals surface area contributed by atoms with Crippen molar-refractivity contribution in [2.75, 3.05) is 6.61 Å². The molecule has 5 nitrogen and oxygen atoms in total. The van der Waals surface area contributed by atoms with Gasteiger partial charge in [-0.25, -0.2) is 0 Å². The monoisotopic (exact) mass is 577 g/mol. The number of halogens is 1. The summed E-state index contributed by atoms with van der Waals surface area (Å²) in [6.45, 7) is 11.3. The predicted molar refractivity (Wildman–Crippen MR) is 152 cm³/mol. The highest BCUT2D eigenvalue weighted by Gasteiger charge is 2.46. The fraction of sp³-hybridized carbons (Fsp3) is 0.438. The van der Waals surface area contributed by atoms with Gasteiger partial charge < -0.3 is 14.8 Å². The molecule has 0 unspecified atom stereocenters. The van der Waals surface area contributed by atoms with Crippen molar-refractivity contribution in [3.05, 3.63) is 80.6 Å². The molecule has 2 aliphatic carbocycles. The second-order valence-electron chi connectivity index (χ2n) is 12.3. The predicted octanol–water partition coefficient (Wildman–Crippen LogP) is 7.40. The molecule has 2 aromatic carbocycles. The van der Waals surface area contributed by atoms with Gasteiger partial charge in [0.05, 0.1) is 11.1 Å². The maximum absolute atomic E-state index is 13.7. The molecule has 0 atom stereocenters. The molecule has 0 bridgehead atoms. The van der Waals surface area contributed by atoms with E-state index >= 15 is 0 Å². The molecule has 2 aromatic rings. The lowest BCUT2D eigenvalue weighted by Gasteiger charge is -2.44. The van der Waals surface area contributed by atoms with Crippen molar-refractivity contribution in [1.29, 1.82) is 0 Å². The second-order valence-corrected chi connectivity index (χ2v) is 13.1. The van der Waals surface area contributed by atoms with Gasteiger partial charge in [-0.2, -0.15) is 0 Å². The Morgan fingerprint density at radius 2 is 1.45 bits per heavy atom. The van der Waals surface area contributed by atoms with Crippen molar-refractivity contribution >= 4 is 27.5 Å². The van der Waals surface area contributed by atoms with Gasteiger partial charge >= 0.3 is 0 Å². The number of ether oxygens (including phenoxy) is 2. The van der Waals surface area contributed by atoms with Crippen molar-refractivity contribution in [3.63, 3.8) is 0 Å². The van der Waals surface area contributed by atoms with Gasteiger partial charge in [0.2, 0.25) is 0 Å². The number of benzene rings is 2. The minimum Gasteiger partial charge on any atom is -0.490 e. The zero-order valence-corrected chi connectivity index (χ0v) is 24.5. The first-order valence-electron chi connectivity index (χ1n) is 13.4. The highest BCUT2D eigenvalue weighted by Crippen LogP contribution is 2.52. The average molecular weight is 579 g/mol. The summed E-state index contributed by atoms with van der Waals surface area (Å²) in [7, 11) is 0. The Bertz CT molecular complexity index is 1300. The Labute approximate surface area is 233 Å². The van der Waals surface area contributed by atoms with Gasteiger partial charge in [-0.05, 0) is 69.8 Å². The van der Waals surface area contributed by atoms with Crippen LogP contribution in [0.25, 0.3) is 0 Å². The first kappa shape index (κ1) is 26.7. The fourth-order valence-electron chi connectivity index (χ4n) is 6.11. The number of carbonyl (C=O) groups excluding carboxylic acids is 2. The summed E-state index contributed by atoms with van der Waals surface area (Å²) in [6, 6.07) is 13.9. The van der Waals surface area contributed by atoms with Gasteiger partial charge in [0.1, 0.15) is 6.61 Å². The quantitative estimate of drug-likeness (QED) is 0.387. The summed E-state index contributed by atoms with van der Waals surface area (Å²) >= 11 is 3.73. The zero-order valence-electron chi connectivity index (χ0n) is 22.9. The van der Waals surface area contributed by atoms with Gasteiger partial charge in [-0.3, -0.25) is 9.59 Å². The maximum Gasteiger partial charge on any atom is 0.175 e. The average Bonchev–Trinajstić information content (AvgIpc) is 2.81. The highest BCUT2D eigenvalue weighted by molar-refractivity contribution is 9.10. The lowest BCUT2D eigenvalue weighted by molar-refractivity contribution is -0.119. The minimum atomic E-state index is -0.424. The number of Topliss-reactive ketones (excluding diaryl/α,β-unsaturated/α-hetero) is 2. The lowest BCUT2D eigenvalue weighted by Crippen LogP contribution is -2.42. The summed E-state index contributed by atoms with van der Waals surface area (Å²) in [5.41, 5.74) is 5.03. The summed E-state index contributed by atoms with van der Waals surface area (Å²) < 4.78 is 13.0. The normalized spacial score (nSPS) is 20.6. The molecule has 1 N–H and O–H groups in total. The molecule has 1 heterocycles. The van der Waals surface area contributed by atoms with E-state index in [-0.39, 0.29) is 22.4 Å². The smallest absolute Gasteiger partial charge is 0.175 e. The summed E-state index contributed by atoms with van der Waals surface area (Å²) in [4.78, 5) is 27.3. The largest absolute Gasteiger partial charge is 0.490 e. The molecule has 0 saturated carbocycles. The van der Waals surface area contributed by atoms with E-state index in [9.17, 15) is 9.59 Å². The van der Waals surface area contributed by atoms with E-state index in [4.69, 9.17) is 9.47 Å². The molecule has 0 radical (unpaired) electrons. The molecule has 0 saturated heterocycles. The van der Waals surface area contributed by atoms with Crippen LogP contribution in [0, 0.1) is 10.8 Å². The van der Waals surface area contributed by atoms with Crippen LogP contribution in [-0.2, 0) is 16.2 Å². The van der Waals surface area contributed by atoms with Crippen molar-refractivity contribution < 1.29 is 19.1 Å². The molecule has 1 aliphatic heterocycles. The number of rotatable bonds is 6. The summed E-state index contributed by atoms with van der Waals surface area (Å²) in [6.07, 6.45) is 2.47. The maximum atomic E-state index is 13.7. The van der Waals surface area contributed by atoms with E-state index < -0.39 is 5.92 Å². The molecule has 3 aliphatic rings. The number of nitrogens with one attached hydrogen (secondary N) is 1. The third kappa shape index (κ3) is 5.20. The van der Waals surface area contributed by atoms with Gasteiger partial charge in [-0.15, -0.1) is 0 Å². The Morgan fingerprint density at radius 3 is 2.00 bits per heavy atom. The van der Waals surface area contributed by atoms with Gasteiger partial charge in [0, 0.05) is 41.3 Å². The summed E-state index contributed by atoms with van der Waals surface area (Å²) in [5.74, 6) is 1.01. The van der Waals surface area contributed by atoms with E-state index in [2.05, 4.69) is 48.9 Å². The van der Waals surface area contributed by atoms with Crippen molar-refractivity contribution in [2.24, 2.45) is 10.8 Å². The first-order chi connectivity index (χ1) is 18.0. The minimum absolute atomic E-state index is 0.108. The molecular weight excluding hydrogens is 542 g/mol. The van der Waals surface area contributed by atoms with E-state index in [0.29, 0.717) is 37.6 Å². The molecule has 0 spiro atoms. The fourth-order valence-corrected chi connectivity index (χ4v) is 6.68. The zero-order chi connectivity index (χ0) is 27.2. The Balaban J connectivity index is 1.62. The molecule has 0 fully saturated rings. The second kappa shape index (κ2) is 10.0. The standard InChI is InChI=1S/C32H36BrNO4/c1-6-37-26-13-20(12-21(33)30(26)38-18-19-10-8-7-9-11-19)27-28-22(14-31(2,3)16-24(28)35)34-23-15-32(4,5)17-25(36)29(23)27/h7-13,27,34H,6,14-18H2,1-5H3. The van der Waals surface area contributed by atoms with E-state index in [1.165, 1.54) is 0 Å². The van der Waals surface area contributed by atoms with Crippen molar-refractivity contribution in [1.82, 2.24) is 5.32 Å². The number of hydrogen-bond donors (Lipinski definition) is 1. The molecule has 0 aromatic heterocycles. The van der Waals surface area contributed by atoms with Gasteiger partial charge in [-0.1, -0.05) is 58.0 Å². The lowest BCUT2D eigenvalue weighted by atomic mass is 9.64. The van der Waals surface area contributed by atoms with Crippen LogP contribution in [0.5, 0.6) is 11.5 Å². The molecule has 0 amide bonds. The number of hydrogen-bond acceptors (Lipinski definition) is 5. The van der Waals surface area contributed by atoms with Crippen LogP contribution in [0.15, 0.2) is 69.5 Å². The number of allylic oxidation sites excluding steroid dienone is 4.